The first-order valence-corrected chi connectivity index (χ1v) is 4.74. The van der Waals surface area contributed by atoms with E-state index in [4.69, 9.17) is 5.73 Å². The number of aromatic nitrogens is 1. The molecule has 0 aliphatic rings. The fraction of sp³-hybridized carbons (Fsp3) is 0. The second-order valence-electron chi connectivity index (χ2n) is 2.79. The maximum atomic E-state index is 10.8. The molecule has 0 unspecified atom stereocenters. The molecule has 0 aliphatic heterocycles. The first-order chi connectivity index (χ1) is 7.08. The van der Waals surface area contributed by atoms with Gasteiger partial charge < -0.3 is 5.73 Å². The van der Waals surface area contributed by atoms with Gasteiger partial charge in [0.1, 0.15) is 0 Å². The molecule has 2 N–H and O–H groups in total. The van der Waals surface area contributed by atoms with Crippen molar-refractivity contribution in [3.8, 4) is 0 Å². The fourth-order valence-electron chi connectivity index (χ4n) is 1.13. The number of nitrogens with zero attached hydrogens (tertiary/aromatic N) is 2. The number of amides is 1. The molecule has 2 aromatic rings. The molecule has 1 aromatic carbocycles. The molecule has 0 radical (unpaired) electrons. The Kier molecular flexibility index (Phi) is 2.09. The maximum Gasteiger partial charge on any atom is 0.277 e. The van der Waals surface area contributed by atoms with Crippen LogP contribution >= 0.6 is 11.3 Å². The minimum absolute atomic E-state index is 0.0258. The summed E-state index contributed by atoms with van der Waals surface area (Å²) >= 11 is 1.05. The van der Waals surface area contributed by atoms with Crippen molar-refractivity contribution in [3.63, 3.8) is 0 Å². The molecule has 0 spiro atoms. The molecule has 0 fully saturated rings. The van der Waals surface area contributed by atoms with E-state index >= 15 is 0 Å². The third-order valence-electron chi connectivity index (χ3n) is 1.79. The van der Waals surface area contributed by atoms with Crippen molar-refractivity contribution in [2.24, 2.45) is 5.73 Å². The van der Waals surface area contributed by atoms with Crippen molar-refractivity contribution < 1.29 is 9.72 Å². The van der Waals surface area contributed by atoms with Crippen LogP contribution in [0.2, 0.25) is 0 Å². The monoisotopic (exact) mass is 223 g/mol. The van der Waals surface area contributed by atoms with Crippen molar-refractivity contribution in [1.29, 1.82) is 0 Å². The number of hydrogen-bond acceptors (Lipinski definition) is 5. The number of benzene rings is 1. The molecule has 1 amide bonds. The number of carbonyl (C=O) groups excluding carboxylic acids is 1. The highest BCUT2D eigenvalue weighted by molar-refractivity contribution is 7.20. The molecule has 0 aliphatic carbocycles. The number of nitro groups is 1. The normalized spacial score (nSPS) is 10.4. The molecular formula is C8H5N3O3S. The zero-order valence-corrected chi connectivity index (χ0v) is 8.15. The Morgan fingerprint density at radius 2 is 2.27 bits per heavy atom. The van der Waals surface area contributed by atoms with Gasteiger partial charge in [-0.05, 0) is 6.07 Å². The molecule has 7 heteroatoms. The van der Waals surface area contributed by atoms with Crippen molar-refractivity contribution in [3.05, 3.63) is 33.3 Å². The van der Waals surface area contributed by atoms with Gasteiger partial charge >= 0.3 is 0 Å². The molecule has 0 saturated heterocycles. The summed E-state index contributed by atoms with van der Waals surface area (Å²) in [7, 11) is 0. The van der Waals surface area contributed by atoms with E-state index in [1.54, 1.807) is 0 Å². The summed E-state index contributed by atoms with van der Waals surface area (Å²) in [5.41, 5.74) is 5.57. The predicted octanol–water partition coefficient (Wildman–Crippen LogP) is 1.30. The average molecular weight is 223 g/mol. The Labute approximate surface area is 87.5 Å². The predicted molar refractivity (Wildman–Crippen MR) is 54.8 cm³/mol. The number of primary amides is 1. The van der Waals surface area contributed by atoms with Crippen LogP contribution in [0, 0.1) is 10.1 Å². The van der Waals surface area contributed by atoms with Crippen LogP contribution in [-0.4, -0.2) is 15.8 Å². The van der Waals surface area contributed by atoms with Crippen molar-refractivity contribution in [1.82, 2.24) is 4.98 Å². The summed E-state index contributed by atoms with van der Waals surface area (Å²) in [6, 6.07) is 4.21. The van der Waals surface area contributed by atoms with E-state index in [2.05, 4.69) is 4.98 Å². The summed E-state index contributed by atoms with van der Waals surface area (Å²) in [4.78, 5) is 24.7. The SMILES string of the molecule is NC(=O)c1nc2ccc([N+](=O)[O-])cc2s1. The number of fused-ring (bicyclic) bond motifs is 1. The second kappa shape index (κ2) is 3.28. The quantitative estimate of drug-likeness (QED) is 0.612. The number of nitro benzene ring substituents is 1. The Balaban J connectivity index is 2.62. The lowest BCUT2D eigenvalue weighted by Gasteiger charge is -1.88. The van der Waals surface area contributed by atoms with Crippen LogP contribution < -0.4 is 5.73 Å². The standard InChI is InChI=1S/C8H5N3O3S/c9-7(12)8-10-5-2-1-4(11(13)14)3-6(5)15-8/h1-3H,(H2,9,12). The third kappa shape index (κ3) is 1.64. The van der Waals surface area contributed by atoms with Crippen LogP contribution in [0.5, 0.6) is 0 Å². The smallest absolute Gasteiger partial charge is 0.277 e. The van der Waals surface area contributed by atoms with E-state index in [0.717, 1.165) is 11.3 Å². The lowest BCUT2D eigenvalue weighted by atomic mass is 10.3. The molecule has 2 rings (SSSR count). The van der Waals surface area contributed by atoms with Crippen LogP contribution in [0.1, 0.15) is 9.80 Å². The average Bonchev–Trinajstić information content (AvgIpc) is 2.59. The van der Waals surface area contributed by atoms with E-state index in [1.165, 1.54) is 18.2 Å². The highest BCUT2D eigenvalue weighted by Gasteiger charge is 2.12. The molecule has 0 bridgehead atoms. The fourth-order valence-corrected chi connectivity index (χ4v) is 1.98. The summed E-state index contributed by atoms with van der Waals surface area (Å²) in [6.07, 6.45) is 0. The van der Waals surface area contributed by atoms with Gasteiger partial charge in [0.2, 0.25) is 0 Å². The number of nitrogens with two attached hydrogens (primary N) is 1. The number of hydrogen-bond donors (Lipinski definition) is 1. The highest BCUT2D eigenvalue weighted by Crippen LogP contribution is 2.25. The lowest BCUT2D eigenvalue weighted by molar-refractivity contribution is -0.384. The number of non-ortho nitro benzene ring substituents is 1. The lowest BCUT2D eigenvalue weighted by Crippen LogP contribution is -2.09. The number of carbonyl (C=O) groups is 1. The zero-order chi connectivity index (χ0) is 11.0. The maximum absolute atomic E-state index is 10.8. The van der Waals surface area contributed by atoms with Gasteiger partial charge in [0, 0.05) is 12.1 Å². The summed E-state index contributed by atoms with van der Waals surface area (Å²) in [5.74, 6) is -0.626. The van der Waals surface area contributed by atoms with Crippen molar-refractivity contribution in [2.45, 2.75) is 0 Å². The largest absolute Gasteiger partial charge is 0.364 e. The van der Waals surface area contributed by atoms with Crippen molar-refractivity contribution in [2.75, 3.05) is 0 Å². The second-order valence-corrected chi connectivity index (χ2v) is 3.82. The van der Waals surface area contributed by atoms with E-state index in [0.29, 0.717) is 10.2 Å². The number of thiazole rings is 1. The first kappa shape index (κ1) is 9.53. The minimum Gasteiger partial charge on any atom is -0.364 e. The molecule has 1 aromatic heterocycles. The van der Waals surface area contributed by atoms with Gasteiger partial charge in [-0.15, -0.1) is 11.3 Å². The van der Waals surface area contributed by atoms with E-state index in [1.807, 2.05) is 0 Å². The first-order valence-electron chi connectivity index (χ1n) is 3.93. The zero-order valence-electron chi connectivity index (χ0n) is 7.34. The Hall–Kier alpha value is -2.02. The van der Waals surface area contributed by atoms with Gasteiger partial charge in [-0.2, -0.15) is 0 Å². The summed E-state index contributed by atoms with van der Waals surface area (Å²) in [5, 5.41) is 10.6. The Morgan fingerprint density at radius 3 is 2.87 bits per heavy atom. The molecule has 0 saturated carbocycles. The summed E-state index contributed by atoms with van der Waals surface area (Å²) < 4.78 is 0.581. The Morgan fingerprint density at radius 1 is 1.53 bits per heavy atom. The minimum atomic E-state index is -0.626. The number of rotatable bonds is 2. The van der Waals surface area contributed by atoms with E-state index < -0.39 is 10.8 Å². The Bertz CT molecular complexity index is 551. The van der Waals surface area contributed by atoms with E-state index in [-0.39, 0.29) is 10.7 Å². The molecule has 76 valence electrons. The topological polar surface area (TPSA) is 99.1 Å². The summed E-state index contributed by atoms with van der Waals surface area (Å²) in [6.45, 7) is 0. The van der Waals surface area contributed by atoms with Gasteiger partial charge in [-0.1, -0.05) is 0 Å². The molecule has 1 heterocycles. The van der Waals surface area contributed by atoms with Gasteiger partial charge in [0.05, 0.1) is 15.1 Å². The van der Waals surface area contributed by atoms with Crippen LogP contribution in [0.4, 0.5) is 5.69 Å². The van der Waals surface area contributed by atoms with Crippen LogP contribution in [0.25, 0.3) is 10.2 Å². The molecule has 6 nitrogen and oxygen atoms in total. The highest BCUT2D eigenvalue weighted by atomic mass is 32.1. The molecule has 15 heavy (non-hydrogen) atoms. The van der Waals surface area contributed by atoms with Gasteiger partial charge in [0.25, 0.3) is 11.6 Å². The molecule has 0 atom stereocenters. The molecular weight excluding hydrogens is 218 g/mol. The van der Waals surface area contributed by atoms with Gasteiger partial charge in [-0.3, -0.25) is 14.9 Å². The third-order valence-corrected chi connectivity index (χ3v) is 2.83. The van der Waals surface area contributed by atoms with Crippen molar-refractivity contribution >= 4 is 33.1 Å². The van der Waals surface area contributed by atoms with Crippen LogP contribution in [-0.2, 0) is 0 Å². The van der Waals surface area contributed by atoms with Crippen LogP contribution in [0.15, 0.2) is 18.2 Å². The van der Waals surface area contributed by atoms with Crippen LogP contribution in [0.3, 0.4) is 0 Å². The van der Waals surface area contributed by atoms with E-state index in [9.17, 15) is 14.9 Å². The van der Waals surface area contributed by atoms with Gasteiger partial charge in [-0.25, -0.2) is 4.98 Å². The van der Waals surface area contributed by atoms with Gasteiger partial charge in [0.15, 0.2) is 5.01 Å².